The van der Waals surface area contributed by atoms with Crippen LogP contribution in [0, 0.1) is 17.8 Å². The first-order valence-electron chi connectivity index (χ1n) is 6.82. The molecule has 0 amide bonds. The van der Waals surface area contributed by atoms with E-state index in [0.717, 1.165) is 6.42 Å². The van der Waals surface area contributed by atoms with Crippen LogP contribution in [-0.2, 0) is 10.0 Å². The highest BCUT2D eigenvalue weighted by Gasteiger charge is 2.22. The largest absolute Gasteiger partial charge is 0.395 e. The van der Waals surface area contributed by atoms with Crippen LogP contribution in [-0.4, -0.2) is 26.7 Å². The average molecular weight is 293 g/mol. The molecule has 1 saturated carbocycles. The molecule has 0 radical (unpaired) electrons. The Morgan fingerprint density at radius 2 is 2.05 bits per heavy atom. The summed E-state index contributed by atoms with van der Waals surface area (Å²) in [5, 5.41) is 8.71. The van der Waals surface area contributed by atoms with Crippen molar-refractivity contribution in [3.63, 3.8) is 0 Å². The zero-order chi connectivity index (χ0) is 14.4. The van der Waals surface area contributed by atoms with Gasteiger partial charge in [-0.3, -0.25) is 0 Å². The zero-order valence-electron chi connectivity index (χ0n) is 11.3. The quantitative estimate of drug-likeness (QED) is 0.781. The molecule has 4 nitrogen and oxygen atoms in total. The van der Waals surface area contributed by atoms with Crippen molar-refractivity contribution in [2.24, 2.45) is 5.92 Å². The number of sulfonamides is 1. The first kappa shape index (κ1) is 15.0. The highest BCUT2D eigenvalue weighted by Crippen LogP contribution is 2.31. The van der Waals surface area contributed by atoms with Crippen molar-refractivity contribution >= 4 is 10.0 Å². The van der Waals surface area contributed by atoms with Gasteiger partial charge in [-0.1, -0.05) is 36.8 Å². The topological polar surface area (TPSA) is 66.4 Å². The summed E-state index contributed by atoms with van der Waals surface area (Å²) in [6.07, 6.45) is 3.66. The van der Waals surface area contributed by atoms with Crippen molar-refractivity contribution in [1.82, 2.24) is 4.72 Å². The van der Waals surface area contributed by atoms with E-state index >= 15 is 0 Å². The van der Waals surface area contributed by atoms with Gasteiger partial charge in [0, 0.05) is 18.5 Å². The molecular weight excluding hydrogens is 274 g/mol. The molecule has 0 atom stereocenters. The first-order chi connectivity index (χ1) is 9.63. The summed E-state index contributed by atoms with van der Waals surface area (Å²) < 4.78 is 27.2. The monoisotopic (exact) mass is 293 g/mol. The van der Waals surface area contributed by atoms with Gasteiger partial charge in [0.1, 0.15) is 0 Å². The number of rotatable bonds is 6. The second kappa shape index (κ2) is 6.89. The lowest BCUT2D eigenvalue weighted by Crippen LogP contribution is -2.25. The first-order valence-corrected chi connectivity index (χ1v) is 8.30. The van der Waals surface area contributed by atoms with E-state index in [1.54, 1.807) is 24.3 Å². The molecule has 0 aromatic heterocycles. The standard InChI is InChI=1S/C15H19NO3S/c17-12-4-3-6-14-5-1-2-7-15(14)20(18,19)16-11-10-13-8-9-13/h1-2,5,7,13,16-17H,4,8-12H2. The van der Waals surface area contributed by atoms with E-state index in [-0.39, 0.29) is 11.5 Å². The fourth-order valence-electron chi connectivity index (χ4n) is 1.90. The van der Waals surface area contributed by atoms with Crippen LogP contribution in [0.2, 0.25) is 0 Å². The fourth-order valence-corrected chi connectivity index (χ4v) is 3.11. The van der Waals surface area contributed by atoms with E-state index in [1.165, 1.54) is 12.8 Å². The Kier molecular flexibility index (Phi) is 5.18. The van der Waals surface area contributed by atoms with Crippen molar-refractivity contribution in [2.45, 2.75) is 30.6 Å². The summed E-state index contributed by atoms with van der Waals surface area (Å²) in [5.41, 5.74) is 0.472. The van der Waals surface area contributed by atoms with E-state index < -0.39 is 10.0 Å². The molecule has 1 aliphatic rings. The lowest BCUT2D eigenvalue weighted by atomic mass is 10.2. The predicted octanol–water partition coefficient (Wildman–Crippen LogP) is 1.50. The van der Waals surface area contributed by atoms with Gasteiger partial charge in [0.05, 0.1) is 11.5 Å². The molecule has 0 heterocycles. The Morgan fingerprint density at radius 3 is 2.75 bits per heavy atom. The lowest BCUT2D eigenvalue weighted by molar-refractivity contribution is 0.305. The van der Waals surface area contributed by atoms with Crippen LogP contribution < -0.4 is 4.72 Å². The van der Waals surface area contributed by atoms with Crippen LogP contribution >= 0.6 is 0 Å². The number of hydrogen-bond acceptors (Lipinski definition) is 3. The van der Waals surface area contributed by atoms with Crippen molar-refractivity contribution < 1.29 is 13.5 Å². The Bertz CT molecular complexity index is 609. The second-order valence-corrected chi connectivity index (χ2v) is 6.64. The molecule has 1 aromatic carbocycles. The summed E-state index contributed by atoms with van der Waals surface area (Å²) in [4.78, 5) is 0.209. The molecular formula is C15H19NO3S. The summed E-state index contributed by atoms with van der Waals surface area (Å²) in [7, 11) is -3.51. The molecule has 0 unspecified atom stereocenters. The molecule has 108 valence electrons. The van der Waals surface area contributed by atoms with Crippen molar-refractivity contribution in [3.05, 3.63) is 29.8 Å². The average Bonchev–Trinajstić information content (AvgIpc) is 3.23. The third-order valence-electron chi connectivity index (χ3n) is 3.18. The molecule has 0 spiro atoms. The Hall–Kier alpha value is -1.35. The second-order valence-electron chi connectivity index (χ2n) is 4.90. The molecule has 20 heavy (non-hydrogen) atoms. The maximum atomic E-state index is 12.3. The number of aliphatic hydroxyl groups excluding tert-OH is 1. The van der Waals surface area contributed by atoms with Crippen molar-refractivity contribution in [1.29, 1.82) is 0 Å². The predicted molar refractivity (Wildman–Crippen MR) is 77.6 cm³/mol. The smallest absolute Gasteiger partial charge is 0.241 e. The zero-order valence-corrected chi connectivity index (χ0v) is 12.1. The van der Waals surface area contributed by atoms with Gasteiger partial charge in [0.2, 0.25) is 10.0 Å². The molecule has 5 heteroatoms. The fraction of sp³-hybridized carbons (Fsp3) is 0.467. The minimum absolute atomic E-state index is 0.0262. The number of hydrogen-bond donors (Lipinski definition) is 2. The van der Waals surface area contributed by atoms with Crippen LogP contribution in [0.5, 0.6) is 0 Å². The molecule has 2 rings (SSSR count). The van der Waals surface area contributed by atoms with Gasteiger partial charge in [0.25, 0.3) is 0 Å². The minimum atomic E-state index is -3.51. The van der Waals surface area contributed by atoms with Crippen LogP contribution in [0.3, 0.4) is 0 Å². The molecule has 0 saturated heterocycles. The van der Waals surface area contributed by atoms with E-state index in [0.29, 0.717) is 24.4 Å². The van der Waals surface area contributed by atoms with E-state index in [4.69, 9.17) is 5.11 Å². The van der Waals surface area contributed by atoms with Gasteiger partial charge in [-0.15, -0.1) is 0 Å². The van der Waals surface area contributed by atoms with E-state index in [9.17, 15) is 8.42 Å². The molecule has 2 N–H and O–H groups in total. The Labute approximate surface area is 120 Å². The van der Waals surface area contributed by atoms with E-state index in [2.05, 4.69) is 16.6 Å². The van der Waals surface area contributed by atoms with Crippen molar-refractivity contribution in [2.75, 3.05) is 13.2 Å². The Balaban J connectivity index is 2.11. The Morgan fingerprint density at radius 1 is 1.30 bits per heavy atom. The molecule has 0 bridgehead atoms. The van der Waals surface area contributed by atoms with Gasteiger partial charge in [-0.05, 0) is 24.5 Å². The maximum absolute atomic E-state index is 12.3. The van der Waals surface area contributed by atoms with Crippen LogP contribution in [0.4, 0.5) is 0 Å². The maximum Gasteiger partial charge on any atom is 0.241 e. The normalized spacial score (nSPS) is 14.7. The van der Waals surface area contributed by atoms with Crippen molar-refractivity contribution in [3.8, 4) is 11.8 Å². The van der Waals surface area contributed by atoms with E-state index in [1.807, 2.05) is 0 Å². The highest BCUT2D eigenvalue weighted by atomic mass is 32.2. The van der Waals surface area contributed by atoms with Gasteiger partial charge in [0.15, 0.2) is 0 Å². The highest BCUT2D eigenvalue weighted by molar-refractivity contribution is 7.89. The molecule has 1 fully saturated rings. The third-order valence-corrected chi connectivity index (χ3v) is 4.70. The summed E-state index contributed by atoms with van der Waals surface area (Å²) in [5.74, 6) is 6.25. The van der Waals surface area contributed by atoms with Gasteiger partial charge < -0.3 is 5.11 Å². The molecule has 1 aliphatic carbocycles. The lowest BCUT2D eigenvalue weighted by Gasteiger charge is -2.08. The number of nitrogens with one attached hydrogen (secondary N) is 1. The van der Waals surface area contributed by atoms with Crippen LogP contribution in [0.1, 0.15) is 31.2 Å². The summed E-state index contributed by atoms with van der Waals surface area (Å²) >= 11 is 0. The summed E-state index contributed by atoms with van der Waals surface area (Å²) in [6, 6.07) is 6.68. The van der Waals surface area contributed by atoms with Gasteiger partial charge in [-0.2, -0.15) is 0 Å². The minimum Gasteiger partial charge on any atom is -0.395 e. The van der Waals surface area contributed by atoms with Crippen LogP contribution in [0.15, 0.2) is 29.2 Å². The SMILES string of the molecule is O=S(=O)(NCCC1CC1)c1ccccc1C#CCCO. The van der Waals surface area contributed by atoms with Crippen LogP contribution in [0.25, 0.3) is 0 Å². The van der Waals surface area contributed by atoms with Gasteiger partial charge >= 0.3 is 0 Å². The third kappa shape index (κ3) is 4.34. The molecule has 0 aliphatic heterocycles. The number of benzene rings is 1. The summed E-state index contributed by atoms with van der Waals surface area (Å²) in [6.45, 7) is 0.451. The van der Waals surface area contributed by atoms with Gasteiger partial charge in [-0.25, -0.2) is 13.1 Å². The number of aliphatic hydroxyl groups is 1. The molecule has 1 aromatic rings.